The zero-order valence-electron chi connectivity index (χ0n) is 61.0. The Morgan fingerprint density at radius 2 is 0.961 bits per heavy atom. The lowest BCUT2D eigenvalue weighted by atomic mass is 9.88. The van der Waals surface area contributed by atoms with E-state index in [1.165, 1.54) is 128 Å². The van der Waals surface area contributed by atoms with E-state index in [1.807, 2.05) is 6.08 Å². The summed E-state index contributed by atoms with van der Waals surface area (Å²) < 4.78 is 48.0. The van der Waals surface area contributed by atoms with Gasteiger partial charge in [-0.3, -0.25) is 14.4 Å². The van der Waals surface area contributed by atoms with Crippen molar-refractivity contribution in [1.29, 1.82) is 0 Å². The van der Waals surface area contributed by atoms with E-state index in [0.717, 1.165) is 71.6 Å². The van der Waals surface area contributed by atoms with Crippen LogP contribution < -0.4 is 16.0 Å². The molecule has 0 bridgehead atoms. The van der Waals surface area contributed by atoms with E-state index in [2.05, 4.69) is 41.9 Å². The summed E-state index contributed by atoms with van der Waals surface area (Å²) in [5.41, 5.74) is 0. The third-order valence-electron chi connectivity index (χ3n) is 19.6. The first kappa shape index (κ1) is 90.9. The van der Waals surface area contributed by atoms with Crippen LogP contribution in [0.3, 0.4) is 0 Å². The van der Waals surface area contributed by atoms with Crippen LogP contribution in [0.15, 0.2) is 24.3 Å². The number of aliphatic hydroxyl groups excluding tert-OH is 13. The minimum absolute atomic E-state index is 0.158. The SMILES string of the molecule is CCCCCCCCC=CCCCCCCCCCCCCCC(=O)N[C@@H](CO[C@@H]1O[C@H](CO)[C@@H](O[C@@H]2O[C@H](CO)[C@H](O[C@@H]3O[C@H](CO)[C@H](O)[C@H](O)[C@H]3NC(C)=O)[C@H](O[C@]3(C(=O)O)C[C@H](O)[C@@H](NC(C)=O)[C@H]([C@H](O)[C@H](O)CO)O3)[C@H]2O)[C@H](O)[C@H]1O)[C@H](O)/C=C/CCCCCCCCCCCCC. The normalized spacial score (nSPS) is 31.2. The highest BCUT2D eigenvalue weighted by molar-refractivity contribution is 5.77. The Morgan fingerprint density at radius 3 is 1.45 bits per heavy atom. The van der Waals surface area contributed by atoms with Crippen molar-refractivity contribution in [2.24, 2.45) is 0 Å². The number of aliphatic hydroxyl groups is 13. The second kappa shape index (κ2) is 51.0. The van der Waals surface area contributed by atoms with Crippen LogP contribution in [0, 0.1) is 0 Å². The van der Waals surface area contributed by atoms with Gasteiger partial charge in [0.25, 0.3) is 5.79 Å². The van der Waals surface area contributed by atoms with Crippen molar-refractivity contribution in [2.45, 2.75) is 380 Å². The number of carbonyl (C=O) groups excluding carboxylic acids is 3. The van der Waals surface area contributed by atoms with Crippen LogP contribution in [0.5, 0.6) is 0 Å². The van der Waals surface area contributed by atoms with Gasteiger partial charge in [0.1, 0.15) is 91.5 Å². The van der Waals surface area contributed by atoms with Gasteiger partial charge in [-0.15, -0.1) is 0 Å². The van der Waals surface area contributed by atoms with Crippen LogP contribution in [-0.4, -0.2) is 269 Å². The predicted octanol–water partition coefficient (Wildman–Crippen LogP) is 3.25. The van der Waals surface area contributed by atoms with E-state index in [0.29, 0.717) is 12.8 Å². The monoisotopic (exact) mass is 1470 g/mol. The minimum Gasteiger partial charge on any atom is -0.477 e. The van der Waals surface area contributed by atoms with Gasteiger partial charge in [0.05, 0.1) is 57.3 Å². The van der Waals surface area contributed by atoms with E-state index >= 15 is 0 Å². The largest absolute Gasteiger partial charge is 0.477 e. The van der Waals surface area contributed by atoms with Gasteiger partial charge >= 0.3 is 5.97 Å². The Hall–Kier alpha value is -3.48. The van der Waals surface area contributed by atoms with Crippen molar-refractivity contribution in [2.75, 3.05) is 33.0 Å². The molecule has 29 heteroatoms. The first-order valence-corrected chi connectivity index (χ1v) is 38.2. The van der Waals surface area contributed by atoms with Gasteiger partial charge in [0, 0.05) is 26.7 Å². The summed E-state index contributed by atoms with van der Waals surface area (Å²) in [6, 6.07) is -4.53. The Bertz CT molecular complexity index is 2330. The number of carboxylic acid groups (broad SMARTS) is 1. The molecule has 4 fully saturated rings. The first-order chi connectivity index (χ1) is 49.0. The molecule has 0 aromatic rings. The number of allylic oxidation sites excluding steroid dienone is 3. The lowest BCUT2D eigenvalue weighted by Gasteiger charge is -2.52. The maximum absolute atomic E-state index is 13.6. The summed E-state index contributed by atoms with van der Waals surface area (Å²) in [6.45, 7) is 1.74. The number of aliphatic carboxylic acids is 1. The Balaban J connectivity index is 1.48. The number of ether oxygens (including phenoxy) is 8. The molecule has 17 N–H and O–H groups in total. The number of hydrogen-bond acceptors (Lipinski definition) is 25. The number of rotatable bonds is 54. The molecule has 102 heavy (non-hydrogen) atoms. The summed E-state index contributed by atoms with van der Waals surface area (Å²) in [5, 5.41) is 163. The summed E-state index contributed by atoms with van der Waals surface area (Å²) in [4.78, 5) is 52.0. The van der Waals surface area contributed by atoms with Crippen LogP contribution in [0.2, 0.25) is 0 Å². The molecule has 4 saturated heterocycles. The molecule has 0 aromatic carbocycles. The molecular formula is C73H131N3O26. The van der Waals surface area contributed by atoms with Crippen molar-refractivity contribution in [1.82, 2.24) is 16.0 Å². The maximum Gasteiger partial charge on any atom is 0.364 e. The highest BCUT2D eigenvalue weighted by Crippen LogP contribution is 2.40. The quantitative estimate of drug-likeness (QED) is 0.0307. The zero-order valence-corrected chi connectivity index (χ0v) is 61.0. The second-order valence-electron chi connectivity index (χ2n) is 28.2. The second-order valence-corrected chi connectivity index (χ2v) is 28.2. The van der Waals surface area contributed by atoms with Crippen molar-refractivity contribution in [3.8, 4) is 0 Å². The van der Waals surface area contributed by atoms with Gasteiger partial charge in [0.2, 0.25) is 17.7 Å². The van der Waals surface area contributed by atoms with Gasteiger partial charge in [-0.1, -0.05) is 192 Å². The van der Waals surface area contributed by atoms with Gasteiger partial charge in [-0.25, -0.2) is 4.79 Å². The summed E-state index contributed by atoms with van der Waals surface area (Å²) >= 11 is 0. The molecule has 0 radical (unpaired) electrons. The summed E-state index contributed by atoms with van der Waals surface area (Å²) in [6.07, 6.45) is 4.82. The van der Waals surface area contributed by atoms with E-state index < -0.39 is 198 Å². The highest BCUT2D eigenvalue weighted by atomic mass is 16.8. The average molecular weight is 1470 g/mol. The Labute approximate surface area is 603 Å². The van der Waals surface area contributed by atoms with E-state index in [4.69, 9.17) is 37.9 Å². The van der Waals surface area contributed by atoms with E-state index in [1.54, 1.807) is 6.08 Å². The highest BCUT2D eigenvalue weighted by Gasteiger charge is 2.62. The van der Waals surface area contributed by atoms with Crippen LogP contribution in [0.1, 0.15) is 240 Å². The molecule has 4 heterocycles. The summed E-state index contributed by atoms with van der Waals surface area (Å²) in [5.74, 6) is -7.37. The minimum atomic E-state index is -3.28. The number of amides is 3. The molecule has 4 rings (SSSR count). The fourth-order valence-electron chi connectivity index (χ4n) is 13.6. The zero-order chi connectivity index (χ0) is 75.0. The molecule has 0 aliphatic carbocycles. The van der Waals surface area contributed by atoms with Gasteiger partial charge in [-0.05, 0) is 44.9 Å². The number of nitrogens with one attached hydrogen (secondary N) is 3. The number of carboxylic acids is 1. The lowest BCUT2D eigenvalue weighted by molar-refractivity contribution is -0.401. The average Bonchev–Trinajstić information content (AvgIpc) is 0.751. The molecule has 594 valence electrons. The van der Waals surface area contributed by atoms with Crippen LogP contribution in [0.25, 0.3) is 0 Å². The molecule has 3 amide bonds. The van der Waals surface area contributed by atoms with Crippen molar-refractivity contribution in [3.63, 3.8) is 0 Å². The van der Waals surface area contributed by atoms with E-state index in [9.17, 15) is 90.7 Å². The van der Waals surface area contributed by atoms with Gasteiger partial charge in [0.15, 0.2) is 18.9 Å². The van der Waals surface area contributed by atoms with Crippen molar-refractivity contribution in [3.05, 3.63) is 24.3 Å². The first-order valence-electron chi connectivity index (χ1n) is 38.2. The number of hydrogen-bond donors (Lipinski definition) is 17. The number of carbonyl (C=O) groups is 4. The van der Waals surface area contributed by atoms with Gasteiger partial charge < -0.3 is 125 Å². The molecule has 29 nitrogen and oxygen atoms in total. The maximum atomic E-state index is 13.6. The molecule has 4 aliphatic rings. The molecule has 0 unspecified atom stereocenters. The van der Waals surface area contributed by atoms with Crippen LogP contribution in [-0.2, 0) is 57.1 Å². The molecule has 0 aromatic heterocycles. The smallest absolute Gasteiger partial charge is 0.364 e. The van der Waals surface area contributed by atoms with Crippen LogP contribution in [0.4, 0.5) is 0 Å². The molecule has 4 aliphatic heterocycles. The summed E-state index contributed by atoms with van der Waals surface area (Å²) in [7, 11) is 0. The fraction of sp³-hybridized carbons (Fsp3) is 0.890. The topological polar surface area (TPSA) is 461 Å². The standard InChI is InChI=1S/C73H131N3O26/c1-5-7-9-11-13-15-17-19-20-21-22-23-24-25-26-28-30-32-34-36-38-40-56(86)76-49(50(83)39-37-35-33-31-29-27-18-16-14-12-10-8-6-2)46-95-70-63(91)62(90)65(54(44-79)97-70)99-71-64(92)68(66(55(45-80)98-71)100-69-58(75-48(4)82)61(89)60(88)53(43-78)96-69)102-73(72(93)94)41-51(84)57(74-47(3)81)67(101-73)59(87)52(85)42-77/h19-20,37,39,49-55,57-71,77-80,83-85,87-92H,5-18,21-36,38,40-46H2,1-4H3,(H,74,81)(H,75,82)(H,76,86)(H,93,94)/b20-19?,39-37+/t49-,50+,51-,52+,53+,54+,55+,57+,58+,59+,60-,61+,62+,63+,64+,65+,66-,67+,68+,69-,70+,71-,73-/m0/s1. The van der Waals surface area contributed by atoms with Crippen molar-refractivity contribution >= 4 is 23.7 Å². The number of unbranched alkanes of at least 4 members (excludes halogenated alkanes) is 28. The molecule has 0 saturated carbocycles. The Morgan fingerprint density at radius 1 is 0.510 bits per heavy atom. The van der Waals surface area contributed by atoms with E-state index in [-0.39, 0.29) is 12.3 Å². The van der Waals surface area contributed by atoms with Crippen LogP contribution >= 0.6 is 0 Å². The Kier molecular flexibility index (Phi) is 45.4. The molecule has 23 atom stereocenters. The molecule has 0 spiro atoms. The lowest BCUT2D eigenvalue weighted by Crippen LogP contribution is -2.72. The predicted molar refractivity (Wildman–Crippen MR) is 373 cm³/mol. The molecular weight excluding hydrogens is 1330 g/mol. The van der Waals surface area contributed by atoms with Gasteiger partial charge in [-0.2, -0.15) is 0 Å². The fourth-order valence-corrected chi connectivity index (χ4v) is 13.6. The third kappa shape index (κ3) is 31.0. The third-order valence-corrected chi connectivity index (χ3v) is 19.6. The van der Waals surface area contributed by atoms with Crippen molar-refractivity contribution < 1.29 is 129 Å².